The Morgan fingerprint density at radius 3 is 2.48 bits per heavy atom. The fourth-order valence-electron chi connectivity index (χ4n) is 2.70. The highest BCUT2D eigenvalue weighted by molar-refractivity contribution is 6.07. The van der Waals surface area contributed by atoms with Gasteiger partial charge in [0.25, 0.3) is 5.91 Å². The first-order chi connectivity index (χ1) is 11.8. The van der Waals surface area contributed by atoms with Gasteiger partial charge in [-0.2, -0.15) is 13.2 Å². The second-order valence-electron chi connectivity index (χ2n) is 5.47. The van der Waals surface area contributed by atoms with Gasteiger partial charge in [-0.05, 0) is 42.3 Å². The molecule has 130 valence electrons. The number of anilines is 1. The molecule has 3 rings (SSSR count). The van der Waals surface area contributed by atoms with Crippen LogP contribution in [0.25, 0.3) is 0 Å². The molecule has 0 saturated carbocycles. The molecule has 0 spiro atoms. The second-order valence-corrected chi connectivity index (χ2v) is 5.47. The third-order valence-electron chi connectivity index (χ3n) is 3.94. The number of aromatic nitrogens is 1. The number of hydrogen-bond acceptors (Lipinski definition) is 4. The van der Waals surface area contributed by atoms with E-state index in [1.54, 1.807) is 18.2 Å². The van der Waals surface area contributed by atoms with Gasteiger partial charge in [-0.25, -0.2) is 4.79 Å². The van der Waals surface area contributed by atoms with Crippen molar-refractivity contribution in [3.05, 3.63) is 58.9 Å². The van der Waals surface area contributed by atoms with Crippen molar-refractivity contribution in [1.82, 2.24) is 4.98 Å². The summed E-state index contributed by atoms with van der Waals surface area (Å²) in [5.41, 5.74) is 0.826. The Morgan fingerprint density at radius 2 is 1.88 bits per heavy atom. The average molecular weight is 350 g/mol. The van der Waals surface area contributed by atoms with Crippen molar-refractivity contribution in [2.75, 3.05) is 18.6 Å². The largest absolute Gasteiger partial charge is 0.465 e. The van der Waals surface area contributed by atoms with Gasteiger partial charge < -0.3 is 9.64 Å². The minimum Gasteiger partial charge on any atom is -0.465 e. The van der Waals surface area contributed by atoms with Gasteiger partial charge in [0.15, 0.2) is 0 Å². The number of esters is 1. The third kappa shape index (κ3) is 3.19. The molecule has 0 N–H and O–H groups in total. The topological polar surface area (TPSA) is 59.5 Å². The summed E-state index contributed by atoms with van der Waals surface area (Å²) in [5.74, 6) is -0.912. The highest BCUT2D eigenvalue weighted by Crippen LogP contribution is 2.31. The summed E-state index contributed by atoms with van der Waals surface area (Å²) in [6.45, 7) is 0.375. The summed E-state index contributed by atoms with van der Waals surface area (Å²) in [7, 11) is 1.28. The lowest BCUT2D eigenvalue weighted by Gasteiger charge is -2.17. The van der Waals surface area contributed by atoms with Crippen LogP contribution in [0.15, 0.2) is 36.5 Å². The van der Waals surface area contributed by atoms with E-state index in [0.717, 1.165) is 23.9 Å². The van der Waals surface area contributed by atoms with Crippen LogP contribution in [-0.4, -0.2) is 30.5 Å². The Labute approximate surface area is 141 Å². The van der Waals surface area contributed by atoms with E-state index in [1.807, 2.05) is 0 Å². The third-order valence-corrected chi connectivity index (χ3v) is 3.94. The van der Waals surface area contributed by atoms with Crippen LogP contribution in [-0.2, 0) is 17.3 Å². The lowest BCUT2D eigenvalue weighted by Crippen LogP contribution is -2.29. The molecule has 1 aliphatic heterocycles. The standard InChI is InChI=1S/C17H13F3N2O3/c1-25-16(24)11-2-4-13-10(8-11)6-7-22(13)15(23)12-3-5-14(21-9-12)17(18,19)20/h2-5,8-9H,6-7H2,1H3. The van der Waals surface area contributed by atoms with Crippen LogP contribution < -0.4 is 4.90 Å². The van der Waals surface area contributed by atoms with Gasteiger partial charge in [-0.1, -0.05) is 0 Å². The summed E-state index contributed by atoms with van der Waals surface area (Å²) < 4.78 is 42.3. The molecule has 2 aromatic rings. The maximum atomic E-state index is 12.6. The van der Waals surface area contributed by atoms with E-state index in [-0.39, 0.29) is 5.56 Å². The van der Waals surface area contributed by atoms with E-state index in [1.165, 1.54) is 12.0 Å². The molecule has 1 amide bonds. The van der Waals surface area contributed by atoms with E-state index >= 15 is 0 Å². The molecule has 1 aromatic carbocycles. The number of rotatable bonds is 2. The van der Waals surface area contributed by atoms with E-state index in [0.29, 0.717) is 24.2 Å². The zero-order valence-corrected chi connectivity index (χ0v) is 13.1. The monoisotopic (exact) mass is 350 g/mol. The molecule has 1 aliphatic rings. The average Bonchev–Trinajstić information content (AvgIpc) is 3.02. The number of fused-ring (bicyclic) bond motifs is 1. The molecule has 2 heterocycles. The highest BCUT2D eigenvalue weighted by Gasteiger charge is 2.33. The smallest absolute Gasteiger partial charge is 0.433 e. The Morgan fingerprint density at radius 1 is 1.16 bits per heavy atom. The van der Waals surface area contributed by atoms with E-state index in [9.17, 15) is 22.8 Å². The van der Waals surface area contributed by atoms with Crippen LogP contribution in [0.1, 0.15) is 32.0 Å². The summed E-state index contributed by atoms with van der Waals surface area (Å²) in [6, 6.07) is 6.72. The molecule has 0 fully saturated rings. The summed E-state index contributed by atoms with van der Waals surface area (Å²) in [4.78, 5) is 28.9. The fraction of sp³-hybridized carbons (Fsp3) is 0.235. The number of methoxy groups -OCH3 is 1. The predicted molar refractivity (Wildman–Crippen MR) is 82.4 cm³/mol. The number of nitrogens with zero attached hydrogens (tertiary/aromatic N) is 2. The molecule has 25 heavy (non-hydrogen) atoms. The number of benzene rings is 1. The lowest BCUT2D eigenvalue weighted by molar-refractivity contribution is -0.141. The maximum Gasteiger partial charge on any atom is 0.433 e. The Balaban J connectivity index is 1.85. The summed E-state index contributed by atoms with van der Waals surface area (Å²) >= 11 is 0. The van der Waals surface area contributed by atoms with Crippen molar-refractivity contribution in [2.45, 2.75) is 12.6 Å². The summed E-state index contributed by atoms with van der Waals surface area (Å²) in [6.07, 6.45) is -3.09. The Hall–Kier alpha value is -2.90. The normalized spacial score (nSPS) is 13.5. The van der Waals surface area contributed by atoms with Gasteiger partial charge in [0.05, 0.1) is 18.2 Å². The van der Waals surface area contributed by atoms with Crippen LogP contribution in [0, 0.1) is 0 Å². The SMILES string of the molecule is COC(=O)c1ccc2c(c1)CCN2C(=O)c1ccc(C(F)(F)F)nc1. The maximum absolute atomic E-state index is 12.6. The molecule has 0 aliphatic carbocycles. The van der Waals surface area contributed by atoms with Crippen LogP contribution >= 0.6 is 0 Å². The molecular weight excluding hydrogens is 337 g/mol. The van der Waals surface area contributed by atoms with Gasteiger partial charge >= 0.3 is 12.1 Å². The van der Waals surface area contributed by atoms with Crippen molar-refractivity contribution < 1.29 is 27.5 Å². The quantitative estimate of drug-likeness (QED) is 0.781. The molecule has 0 atom stereocenters. The van der Waals surface area contributed by atoms with E-state index in [4.69, 9.17) is 0 Å². The first kappa shape index (κ1) is 16.9. The zero-order valence-electron chi connectivity index (χ0n) is 13.1. The number of ether oxygens (including phenoxy) is 1. The molecule has 0 unspecified atom stereocenters. The minimum absolute atomic E-state index is 0.0675. The fourth-order valence-corrected chi connectivity index (χ4v) is 2.70. The zero-order chi connectivity index (χ0) is 18.2. The second kappa shape index (κ2) is 6.19. The van der Waals surface area contributed by atoms with Gasteiger partial charge in [-0.3, -0.25) is 9.78 Å². The van der Waals surface area contributed by atoms with Crippen molar-refractivity contribution in [2.24, 2.45) is 0 Å². The van der Waals surface area contributed by atoms with Crippen molar-refractivity contribution in [3.63, 3.8) is 0 Å². The molecule has 0 radical (unpaired) electrons. The Kier molecular flexibility index (Phi) is 4.20. The number of carbonyl (C=O) groups excluding carboxylic acids is 2. The number of pyridine rings is 1. The van der Waals surface area contributed by atoms with Crippen LogP contribution in [0.5, 0.6) is 0 Å². The van der Waals surface area contributed by atoms with E-state index < -0.39 is 23.7 Å². The highest BCUT2D eigenvalue weighted by atomic mass is 19.4. The van der Waals surface area contributed by atoms with Gasteiger partial charge in [0.1, 0.15) is 5.69 Å². The van der Waals surface area contributed by atoms with E-state index in [2.05, 4.69) is 9.72 Å². The minimum atomic E-state index is -4.55. The molecule has 1 aromatic heterocycles. The number of hydrogen-bond donors (Lipinski definition) is 0. The molecule has 8 heteroatoms. The number of halogens is 3. The Bertz CT molecular complexity index is 832. The van der Waals surface area contributed by atoms with Gasteiger partial charge in [0, 0.05) is 18.4 Å². The molecule has 0 saturated heterocycles. The first-order valence-electron chi connectivity index (χ1n) is 7.37. The van der Waals surface area contributed by atoms with Crippen LogP contribution in [0.4, 0.5) is 18.9 Å². The molecule has 5 nitrogen and oxygen atoms in total. The predicted octanol–water partition coefficient (Wildman–Crippen LogP) is 3.09. The van der Waals surface area contributed by atoms with Crippen LogP contribution in [0.3, 0.4) is 0 Å². The van der Waals surface area contributed by atoms with Crippen LogP contribution in [0.2, 0.25) is 0 Å². The lowest BCUT2D eigenvalue weighted by atomic mass is 10.1. The number of alkyl halides is 3. The van der Waals surface area contributed by atoms with Gasteiger partial charge in [-0.15, -0.1) is 0 Å². The number of amides is 1. The number of carbonyl (C=O) groups is 2. The molecule has 0 bridgehead atoms. The first-order valence-corrected chi connectivity index (χ1v) is 7.37. The summed E-state index contributed by atoms with van der Waals surface area (Å²) in [5, 5.41) is 0. The van der Waals surface area contributed by atoms with Crippen molar-refractivity contribution in [1.29, 1.82) is 0 Å². The van der Waals surface area contributed by atoms with Crippen molar-refractivity contribution >= 4 is 17.6 Å². The molecular formula is C17H13F3N2O3. The van der Waals surface area contributed by atoms with Crippen molar-refractivity contribution in [3.8, 4) is 0 Å². The van der Waals surface area contributed by atoms with Gasteiger partial charge in [0.2, 0.25) is 0 Å².